The number of non-ortho nitro benzene ring substituents is 1. The van der Waals surface area contributed by atoms with Gasteiger partial charge >= 0.3 is 0 Å². The van der Waals surface area contributed by atoms with Crippen LogP contribution in [-0.4, -0.2) is 47.5 Å². The van der Waals surface area contributed by atoms with Gasteiger partial charge in [-0.15, -0.1) is 37.2 Å². The molecule has 1 saturated heterocycles. The predicted molar refractivity (Wildman–Crippen MR) is 103 cm³/mol. The van der Waals surface area contributed by atoms with Gasteiger partial charge < -0.3 is 14.6 Å². The summed E-state index contributed by atoms with van der Waals surface area (Å²) in [4.78, 5) is 17.0. The van der Waals surface area contributed by atoms with Crippen molar-refractivity contribution in [2.75, 3.05) is 32.7 Å². The number of nitrogens with one attached hydrogen (secondary N) is 1. The van der Waals surface area contributed by atoms with E-state index in [-0.39, 0.29) is 42.9 Å². The highest BCUT2D eigenvalue weighted by molar-refractivity contribution is 5.86. The standard InChI is InChI=1S/C15H18N4O3.3ClH/c20-19(21)13-3-1-2-12(10-13)14-11-17-15(22-14)4-7-18-8-5-16-6-9-18;;;/h1-3,10-11,16H,4-9H2;3*1H. The molecule has 1 aromatic heterocycles. The highest BCUT2D eigenvalue weighted by Gasteiger charge is 2.13. The summed E-state index contributed by atoms with van der Waals surface area (Å²) in [6, 6.07) is 6.40. The molecule has 1 aliphatic rings. The molecule has 140 valence electrons. The van der Waals surface area contributed by atoms with Gasteiger partial charge in [0.1, 0.15) is 0 Å². The minimum Gasteiger partial charge on any atom is -0.441 e. The van der Waals surface area contributed by atoms with E-state index >= 15 is 0 Å². The number of halogens is 3. The molecule has 1 fully saturated rings. The normalized spacial score (nSPS) is 13.9. The summed E-state index contributed by atoms with van der Waals surface area (Å²) >= 11 is 0. The van der Waals surface area contributed by atoms with Crippen molar-refractivity contribution in [2.45, 2.75) is 6.42 Å². The van der Waals surface area contributed by atoms with Gasteiger partial charge in [-0.3, -0.25) is 10.1 Å². The van der Waals surface area contributed by atoms with Crippen LogP contribution in [0.15, 0.2) is 34.9 Å². The number of hydrogen-bond acceptors (Lipinski definition) is 6. The first-order chi connectivity index (χ1) is 10.7. The molecule has 2 heterocycles. The fourth-order valence-electron chi connectivity index (χ4n) is 2.52. The SMILES string of the molecule is Cl.Cl.Cl.O=[N+]([O-])c1cccc(-c2cnc(CCN3CCNCC3)o2)c1. The van der Waals surface area contributed by atoms with Crippen molar-refractivity contribution in [1.82, 2.24) is 15.2 Å². The van der Waals surface area contributed by atoms with Crippen LogP contribution in [0, 0.1) is 10.1 Å². The lowest BCUT2D eigenvalue weighted by molar-refractivity contribution is -0.384. The first-order valence-corrected chi connectivity index (χ1v) is 7.35. The molecule has 1 aromatic carbocycles. The van der Waals surface area contributed by atoms with Gasteiger partial charge in [-0.2, -0.15) is 0 Å². The summed E-state index contributed by atoms with van der Waals surface area (Å²) in [6.45, 7) is 5.03. The van der Waals surface area contributed by atoms with Gasteiger partial charge in [0.05, 0.1) is 11.1 Å². The van der Waals surface area contributed by atoms with Crippen LogP contribution in [-0.2, 0) is 6.42 Å². The smallest absolute Gasteiger partial charge is 0.270 e. The largest absolute Gasteiger partial charge is 0.441 e. The van der Waals surface area contributed by atoms with Gasteiger partial charge in [0.15, 0.2) is 11.7 Å². The van der Waals surface area contributed by atoms with Crippen molar-refractivity contribution >= 4 is 42.9 Å². The topological polar surface area (TPSA) is 84.4 Å². The monoisotopic (exact) mass is 410 g/mol. The van der Waals surface area contributed by atoms with Crippen molar-refractivity contribution in [3.63, 3.8) is 0 Å². The molecule has 10 heteroatoms. The van der Waals surface area contributed by atoms with Crippen LogP contribution in [0.2, 0.25) is 0 Å². The highest BCUT2D eigenvalue weighted by Crippen LogP contribution is 2.24. The molecule has 0 unspecified atom stereocenters. The summed E-state index contributed by atoms with van der Waals surface area (Å²) in [5.41, 5.74) is 0.728. The Kier molecular flexibility index (Phi) is 10.7. The van der Waals surface area contributed by atoms with E-state index in [9.17, 15) is 10.1 Å². The van der Waals surface area contributed by atoms with Crippen LogP contribution in [0.5, 0.6) is 0 Å². The van der Waals surface area contributed by atoms with Crippen molar-refractivity contribution in [3.8, 4) is 11.3 Å². The second kappa shape index (κ2) is 11.3. The van der Waals surface area contributed by atoms with Crippen molar-refractivity contribution in [2.24, 2.45) is 0 Å². The van der Waals surface area contributed by atoms with Gasteiger partial charge in [-0.05, 0) is 0 Å². The fourth-order valence-corrected chi connectivity index (χ4v) is 2.52. The summed E-state index contributed by atoms with van der Waals surface area (Å²) in [5, 5.41) is 14.1. The Labute approximate surface area is 164 Å². The maximum absolute atomic E-state index is 10.8. The average molecular weight is 412 g/mol. The number of nitrogens with zero attached hydrogens (tertiary/aromatic N) is 3. The second-order valence-electron chi connectivity index (χ2n) is 5.27. The molecule has 1 N–H and O–H groups in total. The lowest BCUT2D eigenvalue weighted by atomic mass is 10.2. The molecular formula is C15H21Cl3N4O3. The third-order valence-electron chi connectivity index (χ3n) is 3.75. The number of piperazine rings is 1. The molecule has 1 aliphatic heterocycles. The Morgan fingerprint density at radius 1 is 1.24 bits per heavy atom. The third-order valence-corrected chi connectivity index (χ3v) is 3.75. The van der Waals surface area contributed by atoms with Gasteiger partial charge in [-0.1, -0.05) is 12.1 Å². The highest BCUT2D eigenvalue weighted by atomic mass is 35.5. The Balaban J connectivity index is 0.00000192. The van der Waals surface area contributed by atoms with Gasteiger partial charge in [-0.25, -0.2) is 4.98 Å². The van der Waals surface area contributed by atoms with Gasteiger partial charge in [0.2, 0.25) is 0 Å². The number of aromatic nitrogens is 1. The first-order valence-electron chi connectivity index (χ1n) is 7.35. The van der Waals surface area contributed by atoms with E-state index in [4.69, 9.17) is 4.42 Å². The maximum Gasteiger partial charge on any atom is 0.270 e. The van der Waals surface area contributed by atoms with Crippen molar-refractivity contribution in [1.29, 1.82) is 0 Å². The zero-order chi connectivity index (χ0) is 15.4. The quantitative estimate of drug-likeness (QED) is 0.601. The molecule has 0 spiro atoms. The molecule has 0 saturated carbocycles. The minimum atomic E-state index is -0.412. The Hall–Kier alpha value is -1.38. The predicted octanol–water partition coefficient (Wildman–Crippen LogP) is 2.96. The van der Waals surface area contributed by atoms with Gasteiger partial charge in [0.25, 0.3) is 5.69 Å². The number of oxazole rings is 1. The van der Waals surface area contributed by atoms with E-state index in [2.05, 4.69) is 15.2 Å². The number of benzene rings is 1. The van der Waals surface area contributed by atoms with Crippen molar-refractivity contribution < 1.29 is 9.34 Å². The molecule has 2 aromatic rings. The van der Waals surface area contributed by atoms with Crippen molar-refractivity contribution in [3.05, 3.63) is 46.5 Å². The van der Waals surface area contributed by atoms with Crippen LogP contribution >= 0.6 is 37.2 Å². The Bertz CT molecular complexity index is 663. The van der Waals surface area contributed by atoms with Crippen LogP contribution in [0.4, 0.5) is 5.69 Å². The second-order valence-corrected chi connectivity index (χ2v) is 5.27. The van der Waals surface area contributed by atoms with Gasteiger partial charge in [0, 0.05) is 56.8 Å². The third kappa shape index (κ3) is 6.45. The number of rotatable bonds is 5. The molecule has 7 nitrogen and oxygen atoms in total. The average Bonchev–Trinajstić information content (AvgIpc) is 3.03. The molecular weight excluding hydrogens is 391 g/mol. The van der Waals surface area contributed by atoms with Crippen LogP contribution in [0.1, 0.15) is 5.89 Å². The number of hydrogen-bond donors (Lipinski definition) is 1. The van der Waals surface area contributed by atoms with E-state index in [0.717, 1.165) is 39.1 Å². The van der Waals surface area contributed by atoms with E-state index in [1.807, 2.05) is 0 Å². The Morgan fingerprint density at radius 2 is 1.96 bits per heavy atom. The van der Waals surface area contributed by atoms with E-state index in [1.165, 1.54) is 12.1 Å². The van der Waals surface area contributed by atoms with E-state index < -0.39 is 4.92 Å². The van der Waals surface area contributed by atoms with E-state index in [1.54, 1.807) is 18.3 Å². The fraction of sp³-hybridized carbons (Fsp3) is 0.400. The minimum absolute atomic E-state index is 0. The molecule has 0 radical (unpaired) electrons. The Morgan fingerprint density at radius 3 is 2.64 bits per heavy atom. The lowest BCUT2D eigenvalue weighted by Crippen LogP contribution is -2.44. The molecule has 0 amide bonds. The number of nitro groups is 1. The van der Waals surface area contributed by atoms with E-state index in [0.29, 0.717) is 17.2 Å². The summed E-state index contributed by atoms with van der Waals surface area (Å²) in [6.07, 6.45) is 2.38. The molecule has 25 heavy (non-hydrogen) atoms. The lowest BCUT2D eigenvalue weighted by Gasteiger charge is -2.26. The molecule has 3 rings (SSSR count). The maximum atomic E-state index is 10.8. The zero-order valence-electron chi connectivity index (χ0n) is 13.4. The summed E-state index contributed by atoms with van der Waals surface area (Å²) in [5.74, 6) is 1.24. The summed E-state index contributed by atoms with van der Waals surface area (Å²) in [7, 11) is 0. The number of nitro benzene ring substituents is 1. The van der Waals surface area contributed by atoms with Crippen LogP contribution < -0.4 is 5.32 Å². The summed E-state index contributed by atoms with van der Waals surface area (Å²) < 4.78 is 5.72. The molecule has 0 aliphatic carbocycles. The molecule has 0 bridgehead atoms. The zero-order valence-corrected chi connectivity index (χ0v) is 15.9. The molecule has 0 atom stereocenters. The van der Waals surface area contributed by atoms with Crippen LogP contribution in [0.3, 0.4) is 0 Å². The van der Waals surface area contributed by atoms with Crippen LogP contribution in [0.25, 0.3) is 11.3 Å². The first kappa shape index (κ1) is 23.6.